The average molecular weight is 998 g/mol. The van der Waals surface area contributed by atoms with Gasteiger partial charge in [0.05, 0.1) is 25.1 Å². The van der Waals surface area contributed by atoms with E-state index in [1.165, 1.54) is 11.8 Å². The third kappa shape index (κ3) is 21.6. The van der Waals surface area contributed by atoms with Gasteiger partial charge in [-0.1, -0.05) is 54.4 Å². The topological polar surface area (TPSA) is 435 Å². The number of aliphatic hydroxyl groups is 1. The number of aliphatic hydroxyl groups excluding tert-OH is 1. The maximum atomic E-state index is 14.2. The molecule has 1 fully saturated rings. The van der Waals surface area contributed by atoms with E-state index in [4.69, 9.17) is 22.9 Å². The third-order valence-electron chi connectivity index (χ3n) is 11.6. The Morgan fingerprint density at radius 3 is 1.87 bits per heavy atom. The summed E-state index contributed by atoms with van der Waals surface area (Å²) < 4.78 is 0. The van der Waals surface area contributed by atoms with Crippen molar-refractivity contribution in [2.75, 3.05) is 26.2 Å². The van der Waals surface area contributed by atoms with Crippen molar-refractivity contribution in [2.24, 2.45) is 45.7 Å². The summed E-state index contributed by atoms with van der Waals surface area (Å²) in [5.74, 6) is -10.9. The fraction of sp³-hybridized carbons (Fsp3) is 0.750. The summed E-state index contributed by atoms with van der Waals surface area (Å²) >= 11 is 0. The zero-order valence-corrected chi connectivity index (χ0v) is 41.5. The van der Waals surface area contributed by atoms with Crippen molar-refractivity contribution in [2.45, 2.75) is 167 Å². The number of amides is 8. The Bertz CT molecular complexity index is 1830. The van der Waals surface area contributed by atoms with Crippen LogP contribution in [-0.2, 0) is 47.9 Å². The molecule has 0 unspecified atom stereocenters. The van der Waals surface area contributed by atoms with Crippen LogP contribution in [0.1, 0.15) is 113 Å². The first-order valence-electron chi connectivity index (χ1n) is 23.8. The molecule has 1 aliphatic heterocycles. The normalized spacial score (nSPS) is 17.3. The van der Waals surface area contributed by atoms with Crippen LogP contribution in [-0.4, -0.2) is 166 Å². The number of aliphatic carboxylic acids is 2. The number of unbranched alkanes of at least 4 members (excludes halogenated alkanes) is 1. The van der Waals surface area contributed by atoms with Gasteiger partial charge in [-0.25, -0.2) is 4.79 Å². The molecule has 10 atom stereocenters. The molecule has 0 bridgehead atoms. The Morgan fingerprint density at radius 1 is 0.714 bits per heavy atom. The van der Waals surface area contributed by atoms with Crippen LogP contribution in [0.5, 0.6) is 0 Å². The molecule has 8 amide bonds. The Balaban J connectivity index is 3.19. The van der Waals surface area contributed by atoms with Crippen LogP contribution in [0.3, 0.4) is 0 Å². The van der Waals surface area contributed by atoms with E-state index in [9.17, 15) is 63.3 Å². The zero-order valence-electron chi connectivity index (χ0n) is 41.5. The molecule has 1 saturated heterocycles. The predicted octanol–water partition coefficient (Wildman–Crippen LogP) is -3.80. The monoisotopic (exact) mass is 998 g/mol. The fourth-order valence-electron chi connectivity index (χ4n) is 7.41. The zero-order chi connectivity index (χ0) is 53.4. The summed E-state index contributed by atoms with van der Waals surface area (Å²) in [6.07, 6.45) is 0.363. The molecule has 0 aromatic heterocycles. The highest BCUT2D eigenvalue weighted by Gasteiger charge is 2.41. The molecule has 0 aromatic rings. The maximum Gasteiger partial charge on any atom is 0.326 e. The Kier molecular flexibility index (Phi) is 27.5. The minimum atomic E-state index is -1.75. The van der Waals surface area contributed by atoms with Crippen molar-refractivity contribution >= 4 is 65.2 Å². The van der Waals surface area contributed by atoms with Gasteiger partial charge in [-0.15, -0.1) is 0 Å². The highest BCUT2D eigenvalue weighted by molar-refractivity contribution is 5.98. The van der Waals surface area contributed by atoms with Gasteiger partial charge in [0.1, 0.15) is 42.3 Å². The van der Waals surface area contributed by atoms with Crippen molar-refractivity contribution in [1.82, 2.24) is 42.1 Å². The number of nitrogens with one attached hydrogen (secondary N) is 7. The molecule has 1 rings (SSSR count). The minimum absolute atomic E-state index is 0.00608. The van der Waals surface area contributed by atoms with Crippen LogP contribution in [0.15, 0.2) is 4.99 Å². The SMILES string of the molecule is CC[C@H](C)[C@H](NC(=O)[C@H](CC(C)C)NC(=O)[C@@H]1CCCN1C(=O)[C@@H](NC(=O)[C@H](CC(=O)O)NC(=O)CNC(=O)[C@@H](NC(=O)[C@@H](N)CCCCN)[C@@H](C)O)C(C)C)C(=O)N[C@@H](CCCN=C(N)N)C(=O)O. The summed E-state index contributed by atoms with van der Waals surface area (Å²) in [7, 11) is 0. The van der Waals surface area contributed by atoms with Gasteiger partial charge < -0.3 is 80.4 Å². The van der Waals surface area contributed by atoms with E-state index in [0.717, 1.165) is 0 Å². The number of carbonyl (C=O) groups excluding carboxylic acids is 8. The van der Waals surface area contributed by atoms with E-state index >= 15 is 0 Å². The molecule has 0 aliphatic carbocycles. The number of aliphatic imine (C=N–C) groups is 1. The van der Waals surface area contributed by atoms with Crippen LogP contribution >= 0.6 is 0 Å². The molecular weight excluding hydrogens is 919 g/mol. The van der Waals surface area contributed by atoms with E-state index in [2.05, 4.69) is 42.2 Å². The lowest BCUT2D eigenvalue weighted by atomic mass is 9.96. The van der Waals surface area contributed by atoms with Crippen LogP contribution in [0.4, 0.5) is 0 Å². The summed E-state index contributed by atoms with van der Waals surface area (Å²) in [4.78, 5) is 137. The molecule has 1 heterocycles. The van der Waals surface area contributed by atoms with Gasteiger partial charge in [0.25, 0.3) is 0 Å². The minimum Gasteiger partial charge on any atom is -0.481 e. The number of carboxylic acids is 2. The Morgan fingerprint density at radius 2 is 1.33 bits per heavy atom. The predicted molar refractivity (Wildman–Crippen MR) is 255 cm³/mol. The highest BCUT2D eigenvalue weighted by atomic mass is 16.4. The first-order valence-corrected chi connectivity index (χ1v) is 23.8. The summed E-state index contributed by atoms with van der Waals surface area (Å²) in [6, 6.07) is -10.4. The van der Waals surface area contributed by atoms with E-state index in [1.807, 2.05) is 13.8 Å². The molecule has 18 N–H and O–H groups in total. The maximum absolute atomic E-state index is 14.2. The molecule has 0 saturated carbocycles. The van der Waals surface area contributed by atoms with Crippen molar-refractivity contribution in [3.8, 4) is 0 Å². The molecule has 26 heteroatoms. The van der Waals surface area contributed by atoms with Crippen LogP contribution in [0.2, 0.25) is 0 Å². The number of nitrogens with zero attached hydrogens (tertiary/aromatic N) is 2. The van der Waals surface area contributed by atoms with Crippen LogP contribution in [0.25, 0.3) is 0 Å². The molecule has 0 radical (unpaired) electrons. The number of hydrogen-bond donors (Lipinski definition) is 14. The number of carbonyl (C=O) groups is 10. The average Bonchev–Trinajstić information content (AvgIpc) is 3.78. The van der Waals surface area contributed by atoms with Crippen molar-refractivity contribution < 1.29 is 63.3 Å². The number of hydrogen-bond acceptors (Lipinski definition) is 14. The largest absolute Gasteiger partial charge is 0.481 e. The van der Waals surface area contributed by atoms with E-state index in [-0.39, 0.29) is 57.1 Å². The second kappa shape index (κ2) is 31.2. The van der Waals surface area contributed by atoms with Crippen molar-refractivity contribution in [1.29, 1.82) is 0 Å². The van der Waals surface area contributed by atoms with Gasteiger partial charge in [0, 0.05) is 13.1 Å². The first kappa shape index (κ1) is 61.9. The van der Waals surface area contributed by atoms with Gasteiger partial charge in [-0.05, 0) is 76.2 Å². The second-order valence-electron chi connectivity index (χ2n) is 18.4. The van der Waals surface area contributed by atoms with Crippen molar-refractivity contribution in [3.05, 3.63) is 0 Å². The van der Waals surface area contributed by atoms with E-state index < -0.39 is 138 Å². The smallest absolute Gasteiger partial charge is 0.326 e. The van der Waals surface area contributed by atoms with E-state index in [1.54, 1.807) is 27.7 Å². The van der Waals surface area contributed by atoms with Crippen molar-refractivity contribution in [3.63, 3.8) is 0 Å². The molecule has 0 spiro atoms. The number of carboxylic acid groups (broad SMARTS) is 2. The first-order chi connectivity index (χ1) is 32.7. The van der Waals surface area contributed by atoms with Gasteiger partial charge in [-0.3, -0.25) is 48.1 Å². The lowest BCUT2D eigenvalue weighted by molar-refractivity contribution is -0.144. The number of nitrogens with two attached hydrogens (primary N) is 4. The quantitative estimate of drug-likeness (QED) is 0.0175. The lowest BCUT2D eigenvalue weighted by Crippen LogP contribution is -2.61. The molecule has 0 aromatic carbocycles. The Labute approximate surface area is 408 Å². The van der Waals surface area contributed by atoms with Crippen LogP contribution in [0, 0.1) is 17.8 Å². The number of guanidine groups is 1. The van der Waals surface area contributed by atoms with Gasteiger partial charge in [0.15, 0.2) is 5.96 Å². The Hall–Kier alpha value is -6.15. The molecule has 26 nitrogen and oxygen atoms in total. The highest BCUT2D eigenvalue weighted by Crippen LogP contribution is 2.22. The van der Waals surface area contributed by atoms with Gasteiger partial charge >= 0.3 is 11.9 Å². The van der Waals surface area contributed by atoms with E-state index in [0.29, 0.717) is 32.2 Å². The standard InChI is InChI=1S/C44H79N13O13/c1-8-24(6)34(41(67)52-27(43(69)70)14-11-17-49-44(47)48)55-37(63)28(19-22(2)3)53-39(65)30-15-12-18-57(30)42(68)33(23(4)5)54-38(64)29(20-32(60)61)51-31(59)21-50-40(66)35(25(7)58)56-36(62)26(46)13-9-10-16-45/h22-30,33-35,58H,8-21,45-46H2,1-7H3,(H,50,66)(H,51,59)(H,52,67)(H,53,65)(H,54,64)(H,55,63)(H,56,62)(H,60,61)(H,69,70)(H4,47,48,49)/t24-,25+,26-,27-,28-,29-,30-,33-,34-,35-/m0/s1. The molecule has 70 heavy (non-hydrogen) atoms. The summed E-state index contributed by atoms with van der Waals surface area (Å²) in [5.41, 5.74) is 22.0. The molecule has 398 valence electrons. The lowest BCUT2D eigenvalue weighted by Gasteiger charge is -2.32. The summed E-state index contributed by atoms with van der Waals surface area (Å²) in [5, 5.41) is 46.8. The van der Waals surface area contributed by atoms with Gasteiger partial charge in [-0.2, -0.15) is 0 Å². The molecular formula is C44H79N13O13. The number of rotatable bonds is 32. The van der Waals surface area contributed by atoms with Crippen LogP contribution < -0.4 is 60.2 Å². The van der Waals surface area contributed by atoms with Gasteiger partial charge in [0.2, 0.25) is 47.3 Å². The fourth-order valence-corrected chi connectivity index (χ4v) is 7.41. The second-order valence-corrected chi connectivity index (χ2v) is 18.4. The summed E-state index contributed by atoms with van der Waals surface area (Å²) in [6.45, 7) is 11.3. The molecule has 1 aliphatic rings. The number of likely N-dealkylation sites (tertiary alicyclic amines) is 1. The third-order valence-corrected chi connectivity index (χ3v) is 11.6.